The van der Waals surface area contributed by atoms with E-state index in [1.54, 1.807) is 0 Å². The molecule has 0 amide bonds. The molecule has 0 aromatic rings. The van der Waals surface area contributed by atoms with Crippen LogP contribution in [0.1, 0.15) is 19.3 Å². The van der Waals surface area contributed by atoms with E-state index in [-0.39, 0.29) is 11.6 Å². The van der Waals surface area contributed by atoms with Crippen molar-refractivity contribution in [1.82, 2.24) is 0 Å². The van der Waals surface area contributed by atoms with Crippen LogP contribution in [0, 0.1) is 0 Å². The lowest BCUT2D eigenvalue weighted by Gasteiger charge is -2.04. The summed E-state index contributed by atoms with van der Waals surface area (Å²) < 4.78 is 10.4. The van der Waals surface area contributed by atoms with Crippen LogP contribution in [-0.4, -0.2) is 11.6 Å². The van der Waals surface area contributed by atoms with Crippen LogP contribution in [0.15, 0.2) is 0 Å². The van der Waals surface area contributed by atoms with Gasteiger partial charge in [0.2, 0.25) is 11.6 Å². The molecule has 1 saturated carbocycles. The molecule has 2 heteroatoms. The maximum atomic E-state index is 5.19. The van der Waals surface area contributed by atoms with Gasteiger partial charge in [-0.2, -0.15) is 0 Å². The van der Waals surface area contributed by atoms with Gasteiger partial charge in [-0.1, -0.05) is 0 Å². The van der Waals surface area contributed by atoms with Crippen LogP contribution in [0.3, 0.4) is 0 Å². The van der Waals surface area contributed by atoms with Crippen LogP contribution in [0.25, 0.3) is 0 Å². The molecule has 3 aliphatic rings. The van der Waals surface area contributed by atoms with Gasteiger partial charge in [0.05, 0.1) is 0 Å². The zero-order valence-corrected chi connectivity index (χ0v) is 3.94. The molecule has 0 aromatic heterocycles. The van der Waals surface area contributed by atoms with Crippen LogP contribution in [0.4, 0.5) is 0 Å². The smallest absolute Gasteiger partial charge is 0.229 e. The van der Waals surface area contributed by atoms with Crippen LogP contribution in [0.5, 0.6) is 0 Å². The van der Waals surface area contributed by atoms with Gasteiger partial charge in [-0.25, -0.2) is 0 Å². The van der Waals surface area contributed by atoms with Crippen molar-refractivity contribution >= 4 is 0 Å². The zero-order valence-electron chi connectivity index (χ0n) is 3.94. The molecule has 0 bridgehead atoms. The summed E-state index contributed by atoms with van der Waals surface area (Å²) in [4.78, 5) is 0. The maximum absolute atomic E-state index is 5.19. The first-order valence-corrected chi connectivity index (χ1v) is 2.77. The van der Waals surface area contributed by atoms with Gasteiger partial charge in [-0.05, 0) is 6.42 Å². The fraction of sp³-hybridized carbons (Fsp3) is 1.00. The highest BCUT2D eigenvalue weighted by atomic mass is 17.0. The first-order valence-electron chi connectivity index (χ1n) is 2.77. The van der Waals surface area contributed by atoms with Gasteiger partial charge < -0.3 is 9.47 Å². The van der Waals surface area contributed by atoms with E-state index in [9.17, 15) is 0 Å². The SMILES string of the molecule is C1CC23OC2(C1)O3. The topological polar surface area (TPSA) is 25.1 Å². The Morgan fingerprint density at radius 3 is 1.71 bits per heavy atom. The highest BCUT2D eigenvalue weighted by Gasteiger charge is 2.92. The van der Waals surface area contributed by atoms with E-state index < -0.39 is 0 Å². The molecular formula is C5H6O2. The van der Waals surface area contributed by atoms with Gasteiger partial charge in [0.25, 0.3) is 0 Å². The molecule has 2 saturated heterocycles. The van der Waals surface area contributed by atoms with E-state index in [1.165, 1.54) is 6.42 Å². The van der Waals surface area contributed by atoms with Gasteiger partial charge in [-0.3, -0.25) is 0 Å². The summed E-state index contributed by atoms with van der Waals surface area (Å²) >= 11 is 0. The Bertz CT molecular complexity index is 121. The fourth-order valence-electron chi connectivity index (χ4n) is 1.63. The second kappa shape index (κ2) is 0.501. The van der Waals surface area contributed by atoms with Crippen LogP contribution < -0.4 is 0 Å². The molecule has 0 spiro atoms. The van der Waals surface area contributed by atoms with Crippen molar-refractivity contribution in [3.63, 3.8) is 0 Å². The molecule has 0 radical (unpaired) electrons. The van der Waals surface area contributed by atoms with E-state index >= 15 is 0 Å². The second-order valence-corrected chi connectivity index (χ2v) is 2.56. The maximum Gasteiger partial charge on any atom is 0.229 e. The highest BCUT2D eigenvalue weighted by Crippen LogP contribution is 2.76. The molecule has 3 fully saturated rings. The van der Waals surface area contributed by atoms with Crippen LogP contribution in [0.2, 0.25) is 0 Å². The first-order chi connectivity index (χ1) is 3.37. The minimum atomic E-state index is 0.00694. The predicted molar refractivity (Wildman–Crippen MR) is 21.5 cm³/mol. The van der Waals surface area contributed by atoms with Crippen molar-refractivity contribution in [1.29, 1.82) is 0 Å². The number of hydrogen-bond acceptors (Lipinski definition) is 2. The molecular weight excluding hydrogens is 92.1 g/mol. The minimum absolute atomic E-state index is 0.00694. The fourth-order valence-corrected chi connectivity index (χ4v) is 1.63. The number of ether oxygens (including phenoxy) is 2. The first kappa shape index (κ1) is 3.05. The van der Waals surface area contributed by atoms with Crippen LogP contribution >= 0.6 is 0 Å². The Labute approximate surface area is 41.4 Å². The standard InChI is InChI=1S/C5H6O2/c1-2-4-5(3-1,6-4)7-4/h1-3H2. The third kappa shape index (κ3) is 0.146. The molecule has 1 aliphatic carbocycles. The largest absolute Gasteiger partial charge is 0.307 e. The summed E-state index contributed by atoms with van der Waals surface area (Å²) in [6.07, 6.45) is 3.60. The van der Waals surface area contributed by atoms with E-state index in [2.05, 4.69) is 0 Å². The molecule has 7 heavy (non-hydrogen) atoms. The van der Waals surface area contributed by atoms with E-state index in [1.807, 2.05) is 0 Å². The van der Waals surface area contributed by atoms with Crippen molar-refractivity contribution in [2.45, 2.75) is 30.8 Å². The van der Waals surface area contributed by atoms with Crippen molar-refractivity contribution in [2.75, 3.05) is 0 Å². The Hall–Kier alpha value is -0.0800. The van der Waals surface area contributed by atoms with Gasteiger partial charge in [0.15, 0.2) is 0 Å². The molecule has 38 valence electrons. The number of epoxide rings is 2. The predicted octanol–water partition coefficient (Wildman–Crippen LogP) is 0.623. The highest BCUT2D eigenvalue weighted by molar-refractivity contribution is 5.21. The Morgan fingerprint density at radius 1 is 1.00 bits per heavy atom. The summed E-state index contributed by atoms with van der Waals surface area (Å²) in [6.45, 7) is 0. The second-order valence-electron chi connectivity index (χ2n) is 2.56. The normalized spacial score (nSPS) is 72.0. The van der Waals surface area contributed by atoms with Crippen molar-refractivity contribution in [2.24, 2.45) is 0 Å². The number of hydrogen-bond donors (Lipinski definition) is 0. The monoisotopic (exact) mass is 98.0 g/mol. The average Bonchev–Trinajstić information content (AvgIpc) is 2.26. The molecule has 0 N–H and O–H groups in total. The molecule has 0 atom stereocenters. The molecule has 0 unspecified atom stereocenters. The van der Waals surface area contributed by atoms with Crippen molar-refractivity contribution in [3.8, 4) is 0 Å². The van der Waals surface area contributed by atoms with Gasteiger partial charge in [-0.15, -0.1) is 0 Å². The molecule has 3 rings (SSSR count). The van der Waals surface area contributed by atoms with E-state index in [0.29, 0.717) is 0 Å². The average molecular weight is 98.1 g/mol. The Kier molecular flexibility index (Phi) is 0.218. The Balaban J connectivity index is 2.15. The summed E-state index contributed by atoms with van der Waals surface area (Å²) in [5.41, 5.74) is 0. The van der Waals surface area contributed by atoms with Crippen LogP contribution in [-0.2, 0) is 9.47 Å². The van der Waals surface area contributed by atoms with Crippen molar-refractivity contribution < 1.29 is 9.47 Å². The molecule has 2 nitrogen and oxygen atoms in total. The third-order valence-corrected chi connectivity index (χ3v) is 2.17. The third-order valence-electron chi connectivity index (χ3n) is 2.17. The van der Waals surface area contributed by atoms with Gasteiger partial charge in [0, 0.05) is 12.8 Å². The summed E-state index contributed by atoms with van der Waals surface area (Å²) in [5.74, 6) is 0.0139. The summed E-state index contributed by atoms with van der Waals surface area (Å²) in [5, 5.41) is 0. The summed E-state index contributed by atoms with van der Waals surface area (Å²) in [7, 11) is 0. The van der Waals surface area contributed by atoms with Crippen molar-refractivity contribution in [3.05, 3.63) is 0 Å². The Morgan fingerprint density at radius 2 is 1.57 bits per heavy atom. The lowest BCUT2D eigenvalue weighted by atomic mass is 10.3. The lowest BCUT2D eigenvalue weighted by molar-refractivity contribution is -0.120. The molecule has 2 aliphatic heterocycles. The van der Waals surface area contributed by atoms with E-state index in [4.69, 9.17) is 9.47 Å². The number of rotatable bonds is 0. The molecule has 0 aromatic carbocycles. The molecule has 2 heterocycles. The lowest BCUT2D eigenvalue weighted by Crippen LogP contribution is -2.03. The van der Waals surface area contributed by atoms with Gasteiger partial charge in [0.1, 0.15) is 0 Å². The quantitative estimate of drug-likeness (QED) is 0.415. The van der Waals surface area contributed by atoms with Gasteiger partial charge >= 0.3 is 0 Å². The van der Waals surface area contributed by atoms with E-state index in [0.717, 1.165) is 12.8 Å². The summed E-state index contributed by atoms with van der Waals surface area (Å²) in [6, 6.07) is 0. The minimum Gasteiger partial charge on any atom is -0.307 e. The zero-order chi connectivity index (χ0) is 4.54.